The number of hydrogen-bond donors (Lipinski definition) is 0. The van der Waals surface area contributed by atoms with Crippen molar-refractivity contribution in [2.24, 2.45) is 0 Å². The van der Waals surface area contributed by atoms with Gasteiger partial charge in [0.1, 0.15) is 0 Å². The summed E-state index contributed by atoms with van der Waals surface area (Å²) in [6, 6.07) is 23.0. The van der Waals surface area contributed by atoms with Crippen molar-refractivity contribution >= 4 is 0 Å². The summed E-state index contributed by atoms with van der Waals surface area (Å²) < 4.78 is 0. The Morgan fingerprint density at radius 3 is 1.58 bits per heavy atom. The van der Waals surface area contributed by atoms with E-state index in [9.17, 15) is 0 Å². The van der Waals surface area contributed by atoms with Crippen molar-refractivity contribution in [3.05, 3.63) is 71.8 Å². The largest absolute Gasteiger partial charge is 0.290 e. The van der Waals surface area contributed by atoms with E-state index in [4.69, 9.17) is 0 Å². The van der Waals surface area contributed by atoms with E-state index < -0.39 is 0 Å². The molecule has 0 unspecified atom stereocenters. The van der Waals surface area contributed by atoms with Gasteiger partial charge in [-0.05, 0) is 30.5 Å². The van der Waals surface area contributed by atoms with E-state index in [2.05, 4.69) is 72.5 Å². The molecule has 1 heterocycles. The minimum Gasteiger partial charge on any atom is -0.290 e. The van der Waals surface area contributed by atoms with Crippen molar-refractivity contribution in [1.82, 2.24) is 4.90 Å². The molecule has 2 aromatic carbocycles. The highest BCUT2D eigenvalue weighted by atomic mass is 15.2. The van der Waals surface area contributed by atoms with Crippen molar-refractivity contribution in [1.29, 1.82) is 0 Å². The quantitative estimate of drug-likeness (QED) is 0.771. The average molecular weight is 251 g/mol. The lowest BCUT2D eigenvalue weighted by Gasteiger charge is -2.29. The summed E-state index contributed by atoms with van der Waals surface area (Å²) in [5, 5.41) is 0. The molecule has 3 rings (SSSR count). The Labute approximate surface area is 115 Å². The summed E-state index contributed by atoms with van der Waals surface area (Å²) in [6.07, 6.45) is 2.52. The molecule has 1 nitrogen and oxygen atoms in total. The van der Waals surface area contributed by atoms with Gasteiger partial charge in [-0.1, -0.05) is 67.6 Å². The summed E-state index contributed by atoms with van der Waals surface area (Å²) in [5.41, 5.74) is 2.92. The van der Waals surface area contributed by atoms with Crippen LogP contribution in [0.5, 0.6) is 0 Å². The van der Waals surface area contributed by atoms with E-state index in [-0.39, 0.29) is 0 Å². The van der Waals surface area contributed by atoms with Crippen molar-refractivity contribution < 1.29 is 0 Å². The van der Waals surface area contributed by atoms with E-state index in [0.29, 0.717) is 12.1 Å². The monoisotopic (exact) mass is 251 g/mol. The van der Waals surface area contributed by atoms with Crippen LogP contribution in [0.15, 0.2) is 60.7 Å². The number of nitrogens with zero attached hydrogens (tertiary/aromatic N) is 1. The smallest absolute Gasteiger partial charge is 0.0354 e. The topological polar surface area (TPSA) is 3.24 Å². The lowest BCUT2D eigenvalue weighted by Crippen LogP contribution is -2.25. The molecular formula is C18H21N. The molecule has 0 aromatic heterocycles. The normalized spacial score (nSPS) is 23.6. The highest BCUT2D eigenvalue weighted by Gasteiger charge is 2.33. The molecule has 0 radical (unpaired) electrons. The van der Waals surface area contributed by atoms with Crippen LogP contribution in [-0.4, -0.2) is 11.4 Å². The van der Waals surface area contributed by atoms with Crippen LogP contribution in [0.3, 0.4) is 0 Å². The third kappa shape index (κ3) is 2.43. The summed E-state index contributed by atoms with van der Waals surface area (Å²) in [7, 11) is 0. The van der Waals surface area contributed by atoms with Gasteiger partial charge in [-0.3, -0.25) is 4.90 Å². The van der Waals surface area contributed by atoms with Gasteiger partial charge in [0.15, 0.2) is 0 Å². The molecule has 0 N–H and O–H groups in total. The molecule has 1 heteroatoms. The van der Waals surface area contributed by atoms with Crippen LogP contribution in [0.1, 0.15) is 43.0 Å². The fourth-order valence-electron chi connectivity index (χ4n) is 3.37. The zero-order valence-electron chi connectivity index (χ0n) is 11.5. The van der Waals surface area contributed by atoms with Gasteiger partial charge in [0.2, 0.25) is 0 Å². The van der Waals surface area contributed by atoms with Crippen molar-refractivity contribution in [2.75, 3.05) is 6.54 Å². The summed E-state index contributed by atoms with van der Waals surface area (Å²) in [4.78, 5) is 2.64. The molecule has 0 amide bonds. The standard InChI is InChI=1S/C18H21N/c1-2-19-17(15-9-5-3-6-10-15)13-14-18(19)16-11-7-4-8-12-16/h3-12,17-18H,2,13-14H2,1H3/t17-,18-/m0/s1. The first-order chi connectivity index (χ1) is 9.40. The lowest BCUT2D eigenvalue weighted by molar-refractivity contribution is 0.206. The molecular weight excluding hydrogens is 230 g/mol. The first-order valence-electron chi connectivity index (χ1n) is 7.25. The molecule has 1 aliphatic rings. The van der Waals surface area contributed by atoms with Crippen molar-refractivity contribution in [2.45, 2.75) is 31.8 Å². The third-order valence-corrected chi connectivity index (χ3v) is 4.25. The van der Waals surface area contributed by atoms with Crippen LogP contribution in [0.2, 0.25) is 0 Å². The van der Waals surface area contributed by atoms with Crippen molar-refractivity contribution in [3.8, 4) is 0 Å². The first kappa shape index (κ1) is 12.4. The maximum Gasteiger partial charge on any atom is 0.0354 e. The van der Waals surface area contributed by atoms with E-state index in [1.807, 2.05) is 0 Å². The Kier molecular flexibility index (Phi) is 3.65. The van der Waals surface area contributed by atoms with E-state index in [1.54, 1.807) is 0 Å². The van der Waals surface area contributed by atoms with Crippen LogP contribution in [0.4, 0.5) is 0 Å². The van der Waals surface area contributed by atoms with Gasteiger partial charge in [0.25, 0.3) is 0 Å². The molecule has 2 aromatic rings. The van der Waals surface area contributed by atoms with E-state index >= 15 is 0 Å². The van der Waals surface area contributed by atoms with Gasteiger partial charge in [-0.15, -0.1) is 0 Å². The third-order valence-electron chi connectivity index (χ3n) is 4.25. The number of benzene rings is 2. The van der Waals surface area contributed by atoms with Gasteiger partial charge in [-0.2, -0.15) is 0 Å². The molecule has 0 saturated carbocycles. The van der Waals surface area contributed by atoms with Gasteiger partial charge in [0, 0.05) is 12.1 Å². The Balaban J connectivity index is 1.87. The van der Waals surface area contributed by atoms with Gasteiger partial charge >= 0.3 is 0 Å². The van der Waals surface area contributed by atoms with Crippen LogP contribution in [0, 0.1) is 0 Å². The molecule has 2 atom stereocenters. The van der Waals surface area contributed by atoms with Gasteiger partial charge < -0.3 is 0 Å². The fraction of sp³-hybridized carbons (Fsp3) is 0.333. The number of hydrogen-bond acceptors (Lipinski definition) is 1. The van der Waals surface area contributed by atoms with Crippen LogP contribution >= 0.6 is 0 Å². The lowest BCUT2D eigenvalue weighted by atomic mass is 10.0. The molecule has 98 valence electrons. The zero-order valence-corrected chi connectivity index (χ0v) is 11.5. The summed E-state index contributed by atoms with van der Waals surface area (Å²) in [5.74, 6) is 0. The summed E-state index contributed by atoms with van der Waals surface area (Å²) in [6.45, 7) is 3.39. The van der Waals surface area contributed by atoms with E-state index in [0.717, 1.165) is 6.54 Å². The number of likely N-dealkylation sites (tertiary alicyclic amines) is 1. The Hall–Kier alpha value is -1.60. The Morgan fingerprint density at radius 2 is 1.21 bits per heavy atom. The first-order valence-corrected chi connectivity index (χ1v) is 7.25. The minimum absolute atomic E-state index is 0.580. The van der Waals surface area contributed by atoms with Gasteiger partial charge in [-0.25, -0.2) is 0 Å². The van der Waals surface area contributed by atoms with Crippen LogP contribution in [0.25, 0.3) is 0 Å². The van der Waals surface area contributed by atoms with Crippen LogP contribution < -0.4 is 0 Å². The second kappa shape index (κ2) is 5.58. The fourth-order valence-corrected chi connectivity index (χ4v) is 3.37. The molecule has 19 heavy (non-hydrogen) atoms. The Bertz CT molecular complexity index is 458. The second-order valence-electron chi connectivity index (χ2n) is 5.26. The highest BCUT2D eigenvalue weighted by molar-refractivity contribution is 5.25. The molecule has 0 bridgehead atoms. The maximum absolute atomic E-state index is 2.64. The number of rotatable bonds is 3. The highest BCUT2D eigenvalue weighted by Crippen LogP contribution is 2.43. The van der Waals surface area contributed by atoms with Crippen molar-refractivity contribution in [3.63, 3.8) is 0 Å². The average Bonchev–Trinajstić information content (AvgIpc) is 2.93. The molecule has 0 spiro atoms. The van der Waals surface area contributed by atoms with Gasteiger partial charge in [0.05, 0.1) is 0 Å². The summed E-state index contributed by atoms with van der Waals surface area (Å²) >= 11 is 0. The van der Waals surface area contributed by atoms with Crippen LogP contribution in [-0.2, 0) is 0 Å². The predicted molar refractivity (Wildman–Crippen MR) is 80.0 cm³/mol. The zero-order chi connectivity index (χ0) is 13.1. The minimum atomic E-state index is 0.580. The predicted octanol–water partition coefficient (Wildman–Crippen LogP) is 4.58. The molecule has 0 aliphatic carbocycles. The molecule has 1 saturated heterocycles. The SMILES string of the molecule is CCN1[C@H](c2ccccc2)CC[C@H]1c1ccccc1. The second-order valence-corrected chi connectivity index (χ2v) is 5.26. The maximum atomic E-state index is 2.64. The molecule has 1 fully saturated rings. The Morgan fingerprint density at radius 1 is 0.789 bits per heavy atom. The van der Waals surface area contributed by atoms with E-state index in [1.165, 1.54) is 24.0 Å². The molecule has 1 aliphatic heterocycles.